The maximum absolute atomic E-state index is 11.4. The lowest BCUT2D eigenvalue weighted by Gasteiger charge is -1.98. The van der Waals surface area contributed by atoms with Crippen LogP contribution in [0.2, 0.25) is 0 Å². The molecule has 0 unspecified atom stereocenters. The van der Waals surface area contributed by atoms with E-state index < -0.39 is 0 Å². The lowest BCUT2D eigenvalue weighted by Crippen LogP contribution is -2.06. The van der Waals surface area contributed by atoms with Crippen LogP contribution in [-0.4, -0.2) is 22.8 Å². The lowest BCUT2D eigenvalue weighted by atomic mass is 10.3. The average molecular weight is 306 g/mol. The molecule has 0 spiro atoms. The van der Waals surface area contributed by atoms with Crippen LogP contribution in [0.3, 0.4) is 0 Å². The van der Waals surface area contributed by atoms with Crippen LogP contribution in [-0.2, 0) is 4.74 Å². The van der Waals surface area contributed by atoms with Gasteiger partial charge in [-0.3, -0.25) is 5.10 Å². The van der Waals surface area contributed by atoms with Gasteiger partial charge in [0.1, 0.15) is 0 Å². The first kappa shape index (κ1) is 9.95. The molecule has 0 radical (unpaired) electrons. The van der Waals surface area contributed by atoms with E-state index in [-0.39, 0.29) is 5.97 Å². The third-order valence-electron chi connectivity index (χ3n) is 2.18. The number of nitrogens with one attached hydrogen (secondary N) is 1. The minimum absolute atomic E-state index is 0.309. The van der Waals surface area contributed by atoms with Crippen LogP contribution in [0, 0.1) is 3.57 Å². The van der Waals surface area contributed by atoms with Gasteiger partial charge < -0.3 is 4.74 Å². The molecule has 1 fully saturated rings. The first-order valence-corrected chi connectivity index (χ1v) is 5.72. The number of nitrogens with zero attached hydrogens (tertiary/aromatic N) is 1. The molecule has 1 aromatic rings. The number of halogens is 1. The summed E-state index contributed by atoms with van der Waals surface area (Å²) in [4.78, 5) is 11.4. The van der Waals surface area contributed by atoms with Crippen molar-refractivity contribution in [1.82, 2.24) is 10.2 Å². The van der Waals surface area contributed by atoms with Crippen LogP contribution >= 0.6 is 22.6 Å². The molecule has 0 amide bonds. The highest BCUT2D eigenvalue weighted by molar-refractivity contribution is 14.1. The van der Waals surface area contributed by atoms with Gasteiger partial charge in [0.15, 0.2) is 5.69 Å². The van der Waals surface area contributed by atoms with Gasteiger partial charge in [0, 0.05) is 5.92 Å². The highest BCUT2D eigenvalue weighted by Gasteiger charge is 2.31. The number of aromatic amines is 1. The summed E-state index contributed by atoms with van der Waals surface area (Å²) in [7, 11) is 0. The number of H-pyrrole nitrogens is 1. The molecule has 4 nitrogen and oxygen atoms in total. The van der Waals surface area contributed by atoms with Crippen molar-refractivity contribution in [2.24, 2.45) is 0 Å². The molecule has 14 heavy (non-hydrogen) atoms. The van der Waals surface area contributed by atoms with Gasteiger partial charge in [-0.25, -0.2) is 4.79 Å². The number of carbonyl (C=O) groups excluding carboxylic acids is 1. The number of hydrogen-bond acceptors (Lipinski definition) is 3. The van der Waals surface area contributed by atoms with E-state index in [1.807, 2.05) is 0 Å². The largest absolute Gasteiger partial charge is 0.461 e. The number of aromatic nitrogens is 2. The molecule has 1 aliphatic rings. The SMILES string of the molecule is CCOC(=O)c1[nH]nc(C2CC2)c1I. The number of ether oxygens (including phenoxy) is 1. The summed E-state index contributed by atoms with van der Waals surface area (Å²) in [5.74, 6) is 0.248. The van der Waals surface area contributed by atoms with Crippen molar-refractivity contribution < 1.29 is 9.53 Å². The van der Waals surface area contributed by atoms with Crippen LogP contribution in [0.5, 0.6) is 0 Å². The van der Waals surface area contributed by atoms with Gasteiger partial charge in [0.25, 0.3) is 0 Å². The number of rotatable bonds is 3. The second-order valence-corrected chi connectivity index (χ2v) is 4.37. The summed E-state index contributed by atoms with van der Waals surface area (Å²) in [5, 5.41) is 6.90. The lowest BCUT2D eigenvalue weighted by molar-refractivity contribution is 0.0518. The fraction of sp³-hybridized carbons (Fsp3) is 0.556. The van der Waals surface area contributed by atoms with Gasteiger partial charge in [0.05, 0.1) is 15.9 Å². The van der Waals surface area contributed by atoms with Gasteiger partial charge in [-0.05, 0) is 42.4 Å². The van der Waals surface area contributed by atoms with Gasteiger partial charge in [-0.2, -0.15) is 5.10 Å². The third-order valence-corrected chi connectivity index (χ3v) is 3.27. The molecule has 0 atom stereocenters. The highest BCUT2D eigenvalue weighted by Crippen LogP contribution is 2.41. The van der Waals surface area contributed by atoms with E-state index in [1.165, 1.54) is 12.8 Å². The zero-order valence-corrected chi connectivity index (χ0v) is 10.00. The second-order valence-electron chi connectivity index (χ2n) is 3.29. The second kappa shape index (κ2) is 3.88. The molecule has 5 heteroatoms. The Balaban J connectivity index is 2.21. The third kappa shape index (κ3) is 1.77. The van der Waals surface area contributed by atoms with E-state index in [2.05, 4.69) is 32.8 Å². The Morgan fingerprint density at radius 1 is 1.71 bits per heavy atom. The van der Waals surface area contributed by atoms with E-state index in [9.17, 15) is 4.79 Å². The average Bonchev–Trinajstić information content (AvgIpc) is 2.91. The fourth-order valence-corrected chi connectivity index (χ4v) is 2.21. The van der Waals surface area contributed by atoms with E-state index in [1.54, 1.807) is 6.92 Å². The summed E-state index contributed by atoms with van der Waals surface area (Å²) >= 11 is 2.15. The Hall–Kier alpha value is -0.590. The molecule has 0 aliphatic heterocycles. The molecule has 76 valence electrons. The maximum Gasteiger partial charge on any atom is 0.357 e. The Labute approximate surface area is 95.5 Å². The summed E-state index contributed by atoms with van der Waals surface area (Å²) in [6.45, 7) is 2.19. The molecule has 1 aromatic heterocycles. The first-order chi connectivity index (χ1) is 6.74. The molecular weight excluding hydrogens is 295 g/mol. The number of hydrogen-bond donors (Lipinski definition) is 1. The minimum Gasteiger partial charge on any atom is -0.461 e. The predicted molar refractivity (Wildman–Crippen MR) is 59.2 cm³/mol. The normalized spacial score (nSPS) is 15.6. The maximum atomic E-state index is 11.4. The van der Waals surface area contributed by atoms with Crippen molar-refractivity contribution >= 4 is 28.6 Å². The quantitative estimate of drug-likeness (QED) is 0.687. The first-order valence-electron chi connectivity index (χ1n) is 4.65. The zero-order valence-electron chi connectivity index (χ0n) is 7.84. The van der Waals surface area contributed by atoms with Crippen molar-refractivity contribution in [2.45, 2.75) is 25.7 Å². The van der Waals surface area contributed by atoms with Crippen LogP contribution in [0.15, 0.2) is 0 Å². The molecule has 2 rings (SSSR count). The van der Waals surface area contributed by atoms with E-state index in [4.69, 9.17) is 4.74 Å². The van der Waals surface area contributed by atoms with Crippen molar-refractivity contribution in [3.63, 3.8) is 0 Å². The molecule has 1 heterocycles. The van der Waals surface area contributed by atoms with E-state index in [0.29, 0.717) is 18.2 Å². The van der Waals surface area contributed by atoms with Gasteiger partial charge in [0.2, 0.25) is 0 Å². The molecule has 0 saturated heterocycles. The van der Waals surface area contributed by atoms with E-state index in [0.717, 1.165) is 9.26 Å². The molecule has 0 aromatic carbocycles. The van der Waals surface area contributed by atoms with E-state index >= 15 is 0 Å². The van der Waals surface area contributed by atoms with Crippen LogP contribution in [0.4, 0.5) is 0 Å². The van der Waals surface area contributed by atoms with Gasteiger partial charge >= 0.3 is 5.97 Å². The number of carbonyl (C=O) groups is 1. The Kier molecular flexibility index (Phi) is 2.76. The van der Waals surface area contributed by atoms with Gasteiger partial charge in [-0.1, -0.05) is 0 Å². The Bertz CT molecular complexity index is 358. The smallest absolute Gasteiger partial charge is 0.357 e. The minimum atomic E-state index is -0.309. The fourth-order valence-electron chi connectivity index (χ4n) is 1.31. The molecule has 1 N–H and O–H groups in total. The highest BCUT2D eigenvalue weighted by atomic mass is 127. The molecular formula is C9H11IN2O2. The standard InChI is InChI=1S/C9H11IN2O2/c1-2-14-9(13)8-6(10)7(11-12-8)5-3-4-5/h5H,2-4H2,1H3,(H,11,12). The Morgan fingerprint density at radius 2 is 2.43 bits per heavy atom. The molecule has 1 saturated carbocycles. The van der Waals surface area contributed by atoms with Crippen molar-refractivity contribution in [3.05, 3.63) is 15.0 Å². The van der Waals surface area contributed by atoms with Crippen molar-refractivity contribution in [3.8, 4) is 0 Å². The summed E-state index contributed by atoms with van der Waals surface area (Å²) < 4.78 is 5.83. The number of esters is 1. The van der Waals surface area contributed by atoms with Crippen LogP contribution < -0.4 is 0 Å². The van der Waals surface area contributed by atoms with Crippen molar-refractivity contribution in [2.75, 3.05) is 6.61 Å². The van der Waals surface area contributed by atoms with Crippen LogP contribution in [0.1, 0.15) is 41.9 Å². The molecule has 1 aliphatic carbocycles. The Morgan fingerprint density at radius 3 is 3.00 bits per heavy atom. The molecule has 0 bridgehead atoms. The monoisotopic (exact) mass is 306 g/mol. The predicted octanol–water partition coefficient (Wildman–Crippen LogP) is 2.07. The van der Waals surface area contributed by atoms with Crippen molar-refractivity contribution in [1.29, 1.82) is 0 Å². The topological polar surface area (TPSA) is 55.0 Å². The van der Waals surface area contributed by atoms with Crippen LogP contribution in [0.25, 0.3) is 0 Å². The zero-order chi connectivity index (χ0) is 10.1. The summed E-state index contributed by atoms with van der Waals surface area (Å²) in [6.07, 6.45) is 2.37. The van der Waals surface area contributed by atoms with Gasteiger partial charge in [-0.15, -0.1) is 0 Å². The summed E-state index contributed by atoms with van der Waals surface area (Å²) in [6, 6.07) is 0. The summed E-state index contributed by atoms with van der Waals surface area (Å²) in [5.41, 5.74) is 1.52.